The van der Waals surface area contributed by atoms with E-state index in [4.69, 9.17) is 0 Å². The van der Waals surface area contributed by atoms with E-state index in [-0.39, 0.29) is 0 Å². The summed E-state index contributed by atoms with van der Waals surface area (Å²) < 4.78 is 0. The first-order valence-corrected chi connectivity index (χ1v) is 6.60. The second kappa shape index (κ2) is 2.78. The first-order valence-electron chi connectivity index (χ1n) is 6.60. The summed E-state index contributed by atoms with van der Waals surface area (Å²) in [4.78, 5) is 0. The van der Waals surface area contributed by atoms with Crippen molar-refractivity contribution in [3.8, 4) is 0 Å². The molecule has 0 saturated heterocycles. The Morgan fingerprint density at radius 3 is 2.07 bits per heavy atom. The van der Waals surface area contributed by atoms with Crippen LogP contribution in [0.2, 0.25) is 0 Å². The minimum absolute atomic E-state index is 0.648. The average Bonchev–Trinajstić information content (AvgIpc) is 2.67. The van der Waals surface area contributed by atoms with Gasteiger partial charge in [0.25, 0.3) is 0 Å². The topological polar surface area (TPSA) is 0 Å². The normalized spacial score (nSPS) is 51.2. The molecule has 4 fully saturated rings. The zero-order chi connectivity index (χ0) is 9.88. The van der Waals surface area contributed by atoms with Gasteiger partial charge in [-0.05, 0) is 74.2 Å². The van der Waals surface area contributed by atoms with Crippen LogP contribution in [0.15, 0.2) is 17.7 Å². The van der Waals surface area contributed by atoms with Crippen LogP contribution in [0.3, 0.4) is 0 Å². The van der Waals surface area contributed by atoms with Gasteiger partial charge in [0.05, 0.1) is 0 Å². The Labute approximate surface area is 92.4 Å². The Morgan fingerprint density at radius 1 is 1.00 bits per heavy atom. The van der Waals surface area contributed by atoms with Crippen LogP contribution in [-0.2, 0) is 0 Å². The molecule has 0 heterocycles. The molecule has 4 saturated carbocycles. The molecule has 79 valence electrons. The Kier molecular flexibility index (Phi) is 1.60. The van der Waals surface area contributed by atoms with E-state index >= 15 is 0 Å². The van der Waals surface area contributed by atoms with Crippen molar-refractivity contribution in [2.75, 3.05) is 0 Å². The van der Waals surface area contributed by atoms with E-state index in [2.05, 4.69) is 18.2 Å². The van der Waals surface area contributed by atoms with E-state index in [1.54, 1.807) is 24.8 Å². The molecule has 0 aromatic rings. The third kappa shape index (κ3) is 1.14. The molecule has 0 unspecified atom stereocenters. The fourth-order valence-corrected chi connectivity index (χ4v) is 5.26. The largest absolute Gasteiger partial charge is 0.0619 e. The van der Waals surface area contributed by atoms with Crippen molar-refractivity contribution in [1.29, 1.82) is 0 Å². The lowest BCUT2D eigenvalue weighted by Gasteiger charge is -2.57. The number of rotatable bonds is 1. The molecule has 0 spiro atoms. The first kappa shape index (κ1) is 8.61. The number of hydrogen-bond donors (Lipinski definition) is 0. The van der Waals surface area contributed by atoms with Gasteiger partial charge in [0.1, 0.15) is 0 Å². The van der Waals surface area contributed by atoms with Gasteiger partial charge in [-0.25, -0.2) is 0 Å². The van der Waals surface area contributed by atoms with Crippen LogP contribution in [-0.4, -0.2) is 0 Å². The SMILES string of the molecule is [C]1=CC=C(C23CC4CC(CC(C4)C2)C3)C1. The molecule has 4 bridgehead atoms. The maximum atomic E-state index is 3.38. The van der Waals surface area contributed by atoms with Crippen LogP contribution in [0, 0.1) is 29.2 Å². The van der Waals surface area contributed by atoms with Crippen LogP contribution in [0.1, 0.15) is 44.9 Å². The molecule has 5 aliphatic rings. The molecule has 0 amide bonds. The lowest BCUT2D eigenvalue weighted by molar-refractivity contribution is -0.0312. The van der Waals surface area contributed by atoms with Gasteiger partial charge in [0.2, 0.25) is 0 Å². The van der Waals surface area contributed by atoms with E-state index < -0.39 is 0 Å². The smallest absolute Gasteiger partial charge is 0.00556 e. The molecule has 15 heavy (non-hydrogen) atoms. The highest BCUT2D eigenvalue weighted by molar-refractivity contribution is 5.29. The van der Waals surface area contributed by atoms with E-state index in [0.717, 1.165) is 24.2 Å². The van der Waals surface area contributed by atoms with E-state index in [1.165, 1.54) is 19.3 Å². The standard InChI is InChI=1S/C15H19/c1-2-4-14(3-1)15-8-11-5-12(9-15)7-13(6-11)10-15/h1,3,11-13H,4-10H2. The zero-order valence-corrected chi connectivity index (χ0v) is 9.34. The first-order chi connectivity index (χ1) is 7.34. The fourth-order valence-electron chi connectivity index (χ4n) is 5.26. The molecule has 0 aromatic carbocycles. The highest BCUT2D eigenvalue weighted by Gasteiger charge is 2.52. The third-order valence-corrected chi connectivity index (χ3v) is 5.41. The van der Waals surface area contributed by atoms with E-state index in [1.807, 2.05) is 0 Å². The van der Waals surface area contributed by atoms with Crippen molar-refractivity contribution < 1.29 is 0 Å². The summed E-state index contributed by atoms with van der Waals surface area (Å²) in [5.41, 5.74) is 2.39. The summed E-state index contributed by atoms with van der Waals surface area (Å²) in [5, 5.41) is 0. The monoisotopic (exact) mass is 199 g/mol. The molecule has 0 nitrogen and oxygen atoms in total. The van der Waals surface area contributed by atoms with Crippen LogP contribution >= 0.6 is 0 Å². The Hall–Kier alpha value is -0.520. The molecule has 0 N–H and O–H groups in total. The van der Waals surface area contributed by atoms with E-state index in [0.29, 0.717) is 5.41 Å². The lowest BCUT2D eigenvalue weighted by Crippen LogP contribution is -2.46. The van der Waals surface area contributed by atoms with Crippen molar-refractivity contribution >= 4 is 0 Å². The van der Waals surface area contributed by atoms with Gasteiger partial charge in [-0.3, -0.25) is 0 Å². The molecule has 0 heteroatoms. The highest BCUT2D eigenvalue weighted by atomic mass is 14.6. The van der Waals surface area contributed by atoms with Crippen molar-refractivity contribution in [1.82, 2.24) is 0 Å². The molecule has 0 aliphatic heterocycles. The molecular formula is C15H19. The second-order valence-corrected chi connectivity index (χ2v) is 6.44. The second-order valence-electron chi connectivity index (χ2n) is 6.44. The third-order valence-electron chi connectivity index (χ3n) is 5.41. The average molecular weight is 199 g/mol. The van der Waals surface area contributed by atoms with Crippen LogP contribution < -0.4 is 0 Å². The minimum atomic E-state index is 0.648. The Bertz CT molecular complexity index is 310. The summed E-state index contributed by atoms with van der Waals surface area (Å²) in [5.74, 6) is 3.24. The van der Waals surface area contributed by atoms with Crippen LogP contribution in [0.5, 0.6) is 0 Å². The fraction of sp³-hybridized carbons (Fsp3) is 0.733. The molecule has 0 atom stereocenters. The molecule has 5 aliphatic carbocycles. The Morgan fingerprint density at radius 2 is 1.60 bits per heavy atom. The summed E-state index contributed by atoms with van der Waals surface area (Å²) in [7, 11) is 0. The van der Waals surface area contributed by atoms with Crippen molar-refractivity contribution in [3.63, 3.8) is 0 Å². The van der Waals surface area contributed by atoms with Gasteiger partial charge in [-0.2, -0.15) is 0 Å². The van der Waals surface area contributed by atoms with Crippen LogP contribution in [0.4, 0.5) is 0 Å². The van der Waals surface area contributed by atoms with Gasteiger partial charge in [0.15, 0.2) is 0 Å². The van der Waals surface area contributed by atoms with Crippen molar-refractivity contribution in [2.24, 2.45) is 23.2 Å². The van der Waals surface area contributed by atoms with Gasteiger partial charge in [-0.15, -0.1) is 0 Å². The van der Waals surface area contributed by atoms with Gasteiger partial charge in [0, 0.05) is 0 Å². The zero-order valence-electron chi connectivity index (χ0n) is 9.34. The summed E-state index contributed by atoms with van der Waals surface area (Å²) >= 11 is 0. The molecule has 5 rings (SSSR count). The van der Waals surface area contributed by atoms with Crippen molar-refractivity contribution in [3.05, 3.63) is 23.8 Å². The lowest BCUT2D eigenvalue weighted by atomic mass is 9.47. The molecule has 0 aromatic heterocycles. The number of hydrogen-bond acceptors (Lipinski definition) is 0. The number of allylic oxidation sites excluding steroid dienone is 4. The predicted octanol–water partition coefficient (Wildman–Crippen LogP) is 3.89. The highest BCUT2D eigenvalue weighted by Crippen LogP contribution is 2.63. The van der Waals surface area contributed by atoms with Gasteiger partial charge < -0.3 is 0 Å². The van der Waals surface area contributed by atoms with E-state index in [9.17, 15) is 0 Å². The van der Waals surface area contributed by atoms with Crippen LogP contribution in [0.25, 0.3) is 0 Å². The summed E-state index contributed by atoms with van der Waals surface area (Å²) in [6.07, 6.45) is 18.3. The molecule has 1 radical (unpaired) electrons. The maximum absolute atomic E-state index is 3.38. The summed E-state index contributed by atoms with van der Waals surface area (Å²) in [6, 6.07) is 0. The predicted molar refractivity (Wildman–Crippen MR) is 61.1 cm³/mol. The maximum Gasteiger partial charge on any atom is -0.00556 e. The quantitative estimate of drug-likeness (QED) is 0.601. The Balaban J connectivity index is 1.71. The van der Waals surface area contributed by atoms with Gasteiger partial charge in [-0.1, -0.05) is 17.7 Å². The molecular weight excluding hydrogens is 180 g/mol. The summed E-state index contributed by atoms with van der Waals surface area (Å²) in [6.45, 7) is 0. The minimum Gasteiger partial charge on any atom is -0.0619 e. The van der Waals surface area contributed by atoms with Gasteiger partial charge >= 0.3 is 0 Å². The van der Waals surface area contributed by atoms with Crippen molar-refractivity contribution in [2.45, 2.75) is 44.9 Å².